The molecular formula is C22H22F3N3O5S. The molecule has 34 heavy (non-hydrogen) atoms. The van der Waals surface area contributed by atoms with Gasteiger partial charge in [0.2, 0.25) is 0 Å². The van der Waals surface area contributed by atoms with E-state index in [1.54, 1.807) is 18.2 Å². The first-order valence-electron chi connectivity index (χ1n) is 10.4. The van der Waals surface area contributed by atoms with Gasteiger partial charge < -0.3 is 10.1 Å². The van der Waals surface area contributed by atoms with Gasteiger partial charge in [0.15, 0.2) is 6.61 Å². The van der Waals surface area contributed by atoms with Crippen molar-refractivity contribution in [3.8, 4) is 0 Å². The number of para-hydroxylation sites is 1. The van der Waals surface area contributed by atoms with E-state index in [0.717, 1.165) is 12.1 Å². The number of anilines is 1. The van der Waals surface area contributed by atoms with Crippen LogP contribution in [0.15, 0.2) is 58.4 Å². The lowest BCUT2D eigenvalue weighted by Gasteiger charge is -2.13. The molecule has 182 valence electrons. The third kappa shape index (κ3) is 6.56. The number of halogens is 3. The first-order valence-corrected chi connectivity index (χ1v) is 11.8. The van der Waals surface area contributed by atoms with E-state index in [0.29, 0.717) is 31.4 Å². The number of aliphatic imine (C=N–C) groups is 1. The number of sulfonamides is 1. The fourth-order valence-corrected chi connectivity index (χ4v) is 4.49. The summed E-state index contributed by atoms with van der Waals surface area (Å²) in [6.45, 7) is -0.347. The third-order valence-electron chi connectivity index (χ3n) is 4.84. The van der Waals surface area contributed by atoms with E-state index in [1.807, 2.05) is 0 Å². The van der Waals surface area contributed by atoms with E-state index in [4.69, 9.17) is 4.74 Å². The lowest BCUT2D eigenvalue weighted by Crippen LogP contribution is -2.22. The molecule has 12 heteroatoms. The van der Waals surface area contributed by atoms with E-state index in [1.165, 1.54) is 18.2 Å². The van der Waals surface area contributed by atoms with Crippen molar-refractivity contribution in [1.82, 2.24) is 4.72 Å². The Kier molecular flexibility index (Phi) is 7.92. The summed E-state index contributed by atoms with van der Waals surface area (Å²) < 4.78 is 70.1. The number of amides is 1. The minimum atomic E-state index is -4.63. The highest BCUT2D eigenvalue weighted by molar-refractivity contribution is 7.90. The first-order chi connectivity index (χ1) is 16.1. The second kappa shape index (κ2) is 10.7. The van der Waals surface area contributed by atoms with Gasteiger partial charge in [0.05, 0.1) is 16.1 Å². The Balaban J connectivity index is 1.35. The van der Waals surface area contributed by atoms with Crippen molar-refractivity contribution < 1.29 is 35.9 Å². The fraction of sp³-hybridized carbons (Fsp3) is 0.318. The molecule has 2 aromatic rings. The maximum atomic E-state index is 13.0. The normalized spacial score (nSPS) is 15.4. The molecule has 0 radical (unpaired) electrons. The molecule has 1 heterocycles. The number of benzene rings is 2. The number of nitrogens with zero attached hydrogens (tertiary/aromatic N) is 1. The van der Waals surface area contributed by atoms with Gasteiger partial charge in [-0.15, -0.1) is 0 Å². The zero-order chi connectivity index (χ0) is 24.8. The summed E-state index contributed by atoms with van der Waals surface area (Å²) in [5, 5.41) is 2.10. The molecule has 1 aliphatic heterocycles. The van der Waals surface area contributed by atoms with E-state index in [-0.39, 0.29) is 17.2 Å². The van der Waals surface area contributed by atoms with Crippen molar-refractivity contribution in [2.75, 3.05) is 18.5 Å². The van der Waals surface area contributed by atoms with Gasteiger partial charge >= 0.3 is 12.1 Å². The van der Waals surface area contributed by atoms with Crippen LogP contribution in [0.1, 0.15) is 36.8 Å². The van der Waals surface area contributed by atoms with Gasteiger partial charge in [0, 0.05) is 18.5 Å². The molecule has 0 atom stereocenters. The lowest BCUT2D eigenvalue weighted by molar-refractivity contribution is -0.147. The number of amidine groups is 1. The average Bonchev–Trinajstić information content (AvgIpc) is 3.04. The van der Waals surface area contributed by atoms with Crippen LogP contribution in [0.4, 0.5) is 18.9 Å². The van der Waals surface area contributed by atoms with Crippen molar-refractivity contribution in [2.45, 2.75) is 36.8 Å². The summed E-state index contributed by atoms with van der Waals surface area (Å²) in [5.41, 5.74) is -0.890. The Morgan fingerprint density at radius 2 is 1.71 bits per heavy atom. The van der Waals surface area contributed by atoms with Crippen molar-refractivity contribution in [2.24, 2.45) is 4.99 Å². The summed E-state index contributed by atoms with van der Waals surface area (Å²) >= 11 is 0. The molecule has 0 bridgehead atoms. The Hall–Kier alpha value is -3.41. The van der Waals surface area contributed by atoms with Gasteiger partial charge in [0.25, 0.3) is 15.9 Å². The summed E-state index contributed by atoms with van der Waals surface area (Å²) in [6, 6.07) is 11.0. The van der Waals surface area contributed by atoms with Gasteiger partial charge in [-0.3, -0.25) is 19.3 Å². The minimum Gasteiger partial charge on any atom is -0.456 e. The second-order valence-electron chi connectivity index (χ2n) is 7.39. The van der Waals surface area contributed by atoms with Crippen LogP contribution in [0.2, 0.25) is 0 Å². The Labute approximate surface area is 194 Å². The van der Waals surface area contributed by atoms with Crippen LogP contribution in [0.5, 0.6) is 0 Å². The number of hydrogen-bond donors (Lipinski definition) is 2. The summed E-state index contributed by atoms with van der Waals surface area (Å²) in [4.78, 5) is 28.1. The van der Waals surface area contributed by atoms with Crippen LogP contribution in [0, 0.1) is 0 Å². The van der Waals surface area contributed by atoms with Gasteiger partial charge in [-0.05, 0) is 37.1 Å². The van der Waals surface area contributed by atoms with Crippen LogP contribution in [-0.2, 0) is 30.5 Å². The molecule has 0 spiro atoms. The number of alkyl halides is 3. The second-order valence-corrected chi connectivity index (χ2v) is 9.05. The highest BCUT2D eigenvalue weighted by Gasteiger charge is 2.33. The highest BCUT2D eigenvalue weighted by atomic mass is 32.2. The zero-order valence-corrected chi connectivity index (χ0v) is 18.7. The largest absolute Gasteiger partial charge is 0.456 e. The van der Waals surface area contributed by atoms with Crippen molar-refractivity contribution >= 4 is 33.4 Å². The van der Waals surface area contributed by atoms with E-state index in [9.17, 15) is 31.2 Å². The van der Waals surface area contributed by atoms with Crippen LogP contribution >= 0.6 is 0 Å². The Bertz CT molecular complexity index is 1200. The minimum absolute atomic E-state index is 0.0262. The predicted molar refractivity (Wildman–Crippen MR) is 118 cm³/mol. The first kappa shape index (κ1) is 25.2. The molecule has 3 rings (SSSR count). The zero-order valence-electron chi connectivity index (χ0n) is 17.9. The standard InChI is InChI=1S/C22H22F3N3O5S/c23-22(24,25)16-9-4-5-10-17(16)27-19(29)14-33-20(30)12-2-1-7-13-26-21-15-8-3-6-11-18(15)34(31,32)28-21/h3-6,8-11H,1-2,7,12-14H2,(H,26,28)(H,27,29). The van der Waals surface area contributed by atoms with E-state index >= 15 is 0 Å². The molecule has 2 N–H and O–H groups in total. The van der Waals surface area contributed by atoms with Crippen molar-refractivity contribution in [3.63, 3.8) is 0 Å². The molecule has 0 saturated carbocycles. The number of nitrogens with one attached hydrogen (secondary N) is 2. The quantitative estimate of drug-likeness (QED) is 0.407. The molecule has 2 aromatic carbocycles. The number of fused-ring (bicyclic) bond motifs is 1. The molecule has 1 aliphatic rings. The monoisotopic (exact) mass is 497 g/mol. The summed E-state index contributed by atoms with van der Waals surface area (Å²) in [5.74, 6) is -1.24. The number of carbonyl (C=O) groups is 2. The van der Waals surface area contributed by atoms with Gasteiger partial charge in [0.1, 0.15) is 5.84 Å². The van der Waals surface area contributed by atoms with Crippen molar-refractivity contribution in [1.29, 1.82) is 0 Å². The molecule has 0 unspecified atom stereocenters. The van der Waals surface area contributed by atoms with E-state index in [2.05, 4.69) is 15.0 Å². The predicted octanol–water partition coefficient (Wildman–Crippen LogP) is 3.49. The van der Waals surface area contributed by atoms with Crippen molar-refractivity contribution in [3.05, 3.63) is 59.7 Å². The van der Waals surface area contributed by atoms with Gasteiger partial charge in [-0.1, -0.05) is 30.7 Å². The SMILES string of the molecule is O=C(COC(=O)CCCCCN=C1NS(=O)(=O)c2ccccc21)Nc1ccccc1C(F)(F)F. The average molecular weight is 497 g/mol. The summed E-state index contributed by atoms with van der Waals surface area (Å²) in [6.07, 6.45) is -2.96. The van der Waals surface area contributed by atoms with Crippen LogP contribution in [0.3, 0.4) is 0 Å². The Morgan fingerprint density at radius 1 is 1.00 bits per heavy atom. The number of carbonyl (C=O) groups excluding carboxylic acids is 2. The third-order valence-corrected chi connectivity index (χ3v) is 6.24. The number of hydrogen-bond acceptors (Lipinski definition) is 6. The van der Waals surface area contributed by atoms with Crippen LogP contribution in [0.25, 0.3) is 0 Å². The van der Waals surface area contributed by atoms with Gasteiger partial charge in [-0.25, -0.2) is 8.42 Å². The van der Waals surface area contributed by atoms with Gasteiger partial charge in [-0.2, -0.15) is 13.2 Å². The molecule has 0 saturated heterocycles. The lowest BCUT2D eigenvalue weighted by atomic mass is 10.1. The summed E-state index contributed by atoms with van der Waals surface area (Å²) in [7, 11) is -3.59. The molecule has 1 amide bonds. The number of unbranched alkanes of at least 4 members (excludes halogenated alkanes) is 2. The number of esters is 1. The highest BCUT2D eigenvalue weighted by Crippen LogP contribution is 2.34. The Morgan fingerprint density at radius 3 is 2.47 bits per heavy atom. The van der Waals surface area contributed by atoms with E-state index < -0.39 is 45.9 Å². The smallest absolute Gasteiger partial charge is 0.418 e. The molecule has 0 aliphatic carbocycles. The topological polar surface area (TPSA) is 114 Å². The fourth-order valence-electron chi connectivity index (χ4n) is 3.24. The molecular weight excluding hydrogens is 475 g/mol. The number of ether oxygens (including phenoxy) is 1. The van der Waals surface area contributed by atoms with Crippen LogP contribution in [-0.4, -0.2) is 39.3 Å². The van der Waals surface area contributed by atoms with Crippen LogP contribution < -0.4 is 10.0 Å². The molecule has 0 fully saturated rings. The molecule has 8 nitrogen and oxygen atoms in total. The maximum Gasteiger partial charge on any atom is 0.418 e. The maximum absolute atomic E-state index is 13.0. The number of rotatable bonds is 9. The molecule has 0 aromatic heterocycles.